The van der Waals surface area contributed by atoms with Crippen molar-refractivity contribution in [3.8, 4) is 0 Å². The Balaban J connectivity index is 1.39. The van der Waals surface area contributed by atoms with E-state index in [2.05, 4.69) is 22.0 Å². The molecule has 27 heavy (non-hydrogen) atoms. The lowest BCUT2D eigenvalue weighted by molar-refractivity contribution is 0.0145. The minimum atomic E-state index is 0.147. The number of carbonyl (C=O) groups is 1. The Hall–Kier alpha value is -2.24. The molecule has 2 aliphatic heterocycles. The zero-order valence-electron chi connectivity index (χ0n) is 15.7. The Bertz CT molecular complexity index is 743. The molecule has 2 aromatic rings. The first-order chi connectivity index (χ1) is 13.2. The molecule has 0 saturated carbocycles. The predicted octanol–water partition coefficient (Wildman–Crippen LogP) is 2.84. The van der Waals surface area contributed by atoms with E-state index in [0.29, 0.717) is 0 Å². The third-order valence-electron chi connectivity index (χ3n) is 5.81. The maximum Gasteiger partial charge on any atom is 0.253 e. The van der Waals surface area contributed by atoms with E-state index in [-0.39, 0.29) is 11.3 Å². The minimum absolute atomic E-state index is 0.147. The summed E-state index contributed by atoms with van der Waals surface area (Å²) in [7, 11) is 0. The molecule has 0 radical (unpaired) electrons. The standard InChI is InChI=1S/C22H27N3O2/c26-21(20-4-2-1-3-5-20)25-12-8-22(9-13-25)17-24(14-15-27-18-22)16-19-6-10-23-11-7-19/h1-7,10-11H,8-9,12-18H2. The van der Waals surface area contributed by atoms with Gasteiger partial charge in [0.1, 0.15) is 0 Å². The number of pyridine rings is 1. The first-order valence-corrected chi connectivity index (χ1v) is 9.78. The van der Waals surface area contributed by atoms with E-state index in [1.807, 2.05) is 47.6 Å². The fourth-order valence-electron chi connectivity index (χ4n) is 4.21. The third kappa shape index (κ3) is 4.37. The topological polar surface area (TPSA) is 45.7 Å². The van der Waals surface area contributed by atoms with E-state index in [0.717, 1.165) is 64.3 Å². The van der Waals surface area contributed by atoms with Gasteiger partial charge in [-0.05, 0) is 42.7 Å². The van der Waals surface area contributed by atoms with Crippen molar-refractivity contribution in [3.63, 3.8) is 0 Å². The molecule has 0 N–H and O–H groups in total. The van der Waals surface area contributed by atoms with Crippen LogP contribution in [0.3, 0.4) is 0 Å². The van der Waals surface area contributed by atoms with Gasteiger partial charge in [-0.1, -0.05) is 18.2 Å². The van der Waals surface area contributed by atoms with Crippen LogP contribution in [-0.2, 0) is 11.3 Å². The Morgan fingerprint density at radius 1 is 1.04 bits per heavy atom. The van der Waals surface area contributed by atoms with Crippen LogP contribution in [-0.4, -0.2) is 60.1 Å². The van der Waals surface area contributed by atoms with E-state index >= 15 is 0 Å². The number of hydrogen-bond acceptors (Lipinski definition) is 4. The lowest BCUT2D eigenvalue weighted by Gasteiger charge is -2.42. The molecule has 0 aliphatic carbocycles. The van der Waals surface area contributed by atoms with Gasteiger partial charge in [0.15, 0.2) is 0 Å². The quantitative estimate of drug-likeness (QED) is 0.839. The zero-order valence-corrected chi connectivity index (χ0v) is 15.7. The Morgan fingerprint density at radius 2 is 1.78 bits per heavy atom. The summed E-state index contributed by atoms with van der Waals surface area (Å²) in [4.78, 5) is 21.3. The Morgan fingerprint density at radius 3 is 2.52 bits per heavy atom. The lowest BCUT2D eigenvalue weighted by Crippen LogP contribution is -2.48. The van der Waals surface area contributed by atoms with Crippen LogP contribution in [0.4, 0.5) is 0 Å². The summed E-state index contributed by atoms with van der Waals surface area (Å²) in [6.07, 6.45) is 5.71. The maximum absolute atomic E-state index is 12.7. The average molecular weight is 365 g/mol. The molecule has 1 aromatic carbocycles. The molecular weight excluding hydrogens is 338 g/mol. The largest absolute Gasteiger partial charge is 0.379 e. The van der Waals surface area contributed by atoms with Gasteiger partial charge in [-0.3, -0.25) is 14.7 Å². The van der Waals surface area contributed by atoms with E-state index in [1.165, 1.54) is 5.56 Å². The van der Waals surface area contributed by atoms with E-state index < -0.39 is 0 Å². The van der Waals surface area contributed by atoms with Gasteiger partial charge < -0.3 is 9.64 Å². The molecular formula is C22H27N3O2. The SMILES string of the molecule is O=C(c1ccccc1)N1CCC2(CC1)COCCN(Cc1ccncc1)C2. The molecule has 142 valence electrons. The Labute approximate surface area is 161 Å². The normalized spacial score (nSPS) is 20.4. The highest BCUT2D eigenvalue weighted by molar-refractivity contribution is 5.94. The summed E-state index contributed by atoms with van der Waals surface area (Å²) in [6, 6.07) is 13.8. The van der Waals surface area contributed by atoms with E-state index in [4.69, 9.17) is 4.74 Å². The van der Waals surface area contributed by atoms with Gasteiger partial charge in [-0.2, -0.15) is 0 Å². The minimum Gasteiger partial charge on any atom is -0.379 e. The number of hydrogen-bond donors (Lipinski definition) is 0. The summed E-state index contributed by atoms with van der Waals surface area (Å²) in [5, 5.41) is 0. The van der Waals surface area contributed by atoms with Gasteiger partial charge in [0.25, 0.3) is 5.91 Å². The van der Waals surface area contributed by atoms with Crippen LogP contribution in [0, 0.1) is 5.41 Å². The van der Waals surface area contributed by atoms with Crippen LogP contribution < -0.4 is 0 Å². The summed E-state index contributed by atoms with van der Waals surface area (Å²) in [5.74, 6) is 0.147. The first-order valence-electron chi connectivity index (χ1n) is 9.78. The molecule has 0 unspecified atom stereocenters. The second-order valence-electron chi connectivity index (χ2n) is 7.78. The first kappa shape index (κ1) is 18.1. The molecule has 5 nitrogen and oxygen atoms in total. The van der Waals surface area contributed by atoms with Crippen LogP contribution in [0.2, 0.25) is 0 Å². The summed E-state index contributed by atoms with van der Waals surface area (Å²) in [5.41, 5.74) is 2.22. The molecule has 0 bridgehead atoms. The number of amides is 1. The molecule has 5 heteroatoms. The highest BCUT2D eigenvalue weighted by Crippen LogP contribution is 2.35. The molecule has 0 atom stereocenters. The second kappa shape index (κ2) is 8.19. The predicted molar refractivity (Wildman–Crippen MR) is 104 cm³/mol. The molecule has 1 spiro atoms. The number of ether oxygens (including phenoxy) is 1. The van der Waals surface area contributed by atoms with Crippen molar-refractivity contribution in [2.45, 2.75) is 19.4 Å². The number of piperidine rings is 1. The monoisotopic (exact) mass is 365 g/mol. The van der Waals surface area contributed by atoms with Crippen molar-refractivity contribution in [2.24, 2.45) is 5.41 Å². The molecule has 4 rings (SSSR count). The molecule has 2 fully saturated rings. The van der Waals surface area contributed by atoms with Crippen molar-refractivity contribution < 1.29 is 9.53 Å². The van der Waals surface area contributed by atoms with Crippen molar-refractivity contribution in [2.75, 3.05) is 39.4 Å². The van der Waals surface area contributed by atoms with Crippen molar-refractivity contribution >= 4 is 5.91 Å². The molecule has 2 saturated heterocycles. The average Bonchev–Trinajstić information content (AvgIpc) is 2.91. The fourth-order valence-corrected chi connectivity index (χ4v) is 4.21. The molecule has 2 aliphatic rings. The number of aromatic nitrogens is 1. The van der Waals surface area contributed by atoms with E-state index in [1.54, 1.807) is 0 Å². The van der Waals surface area contributed by atoms with Crippen LogP contribution in [0.5, 0.6) is 0 Å². The number of likely N-dealkylation sites (tertiary alicyclic amines) is 1. The van der Waals surface area contributed by atoms with Crippen molar-refractivity contribution in [1.29, 1.82) is 0 Å². The number of nitrogens with zero attached hydrogens (tertiary/aromatic N) is 3. The van der Waals surface area contributed by atoms with Gasteiger partial charge in [0.05, 0.1) is 13.2 Å². The highest BCUT2D eigenvalue weighted by Gasteiger charge is 2.39. The summed E-state index contributed by atoms with van der Waals surface area (Å²) < 4.78 is 5.98. The summed E-state index contributed by atoms with van der Waals surface area (Å²) >= 11 is 0. The van der Waals surface area contributed by atoms with Gasteiger partial charge in [0, 0.05) is 56.1 Å². The smallest absolute Gasteiger partial charge is 0.253 e. The zero-order chi connectivity index (χ0) is 18.5. The maximum atomic E-state index is 12.7. The molecule has 1 aromatic heterocycles. The molecule has 1 amide bonds. The van der Waals surface area contributed by atoms with Gasteiger partial charge in [-0.15, -0.1) is 0 Å². The van der Waals surface area contributed by atoms with Crippen LogP contribution >= 0.6 is 0 Å². The van der Waals surface area contributed by atoms with Crippen molar-refractivity contribution in [1.82, 2.24) is 14.8 Å². The van der Waals surface area contributed by atoms with Gasteiger partial charge in [0.2, 0.25) is 0 Å². The van der Waals surface area contributed by atoms with E-state index in [9.17, 15) is 4.79 Å². The number of carbonyl (C=O) groups excluding carboxylic acids is 1. The highest BCUT2D eigenvalue weighted by atomic mass is 16.5. The van der Waals surface area contributed by atoms with Gasteiger partial charge >= 0.3 is 0 Å². The second-order valence-corrected chi connectivity index (χ2v) is 7.78. The third-order valence-corrected chi connectivity index (χ3v) is 5.81. The fraction of sp³-hybridized carbons (Fsp3) is 0.455. The van der Waals surface area contributed by atoms with Crippen molar-refractivity contribution in [3.05, 3.63) is 66.0 Å². The number of rotatable bonds is 3. The number of benzene rings is 1. The molecule has 3 heterocycles. The van der Waals surface area contributed by atoms with Gasteiger partial charge in [-0.25, -0.2) is 0 Å². The summed E-state index contributed by atoms with van der Waals surface area (Å²) in [6.45, 7) is 6.10. The lowest BCUT2D eigenvalue weighted by atomic mass is 9.78. The Kier molecular flexibility index (Phi) is 5.50. The van der Waals surface area contributed by atoms with Crippen LogP contribution in [0.15, 0.2) is 54.9 Å². The van der Waals surface area contributed by atoms with Crippen LogP contribution in [0.1, 0.15) is 28.8 Å². The van der Waals surface area contributed by atoms with Crippen LogP contribution in [0.25, 0.3) is 0 Å².